The molecular formula is C14H19N5S2. The molecule has 1 fully saturated rings. The Balaban J connectivity index is 1.74. The van der Waals surface area contributed by atoms with Crippen LogP contribution in [0, 0.1) is 0 Å². The highest BCUT2D eigenvalue weighted by Gasteiger charge is 2.25. The minimum absolute atomic E-state index is 0.217. The lowest BCUT2D eigenvalue weighted by atomic mass is 10.1. The first-order valence-electron chi connectivity index (χ1n) is 7.17. The van der Waals surface area contributed by atoms with Crippen molar-refractivity contribution in [1.82, 2.24) is 14.9 Å². The molecule has 1 aliphatic heterocycles. The van der Waals surface area contributed by atoms with Gasteiger partial charge >= 0.3 is 0 Å². The molecule has 1 atom stereocenters. The molecule has 3 heterocycles. The van der Waals surface area contributed by atoms with Crippen LogP contribution in [-0.2, 0) is 0 Å². The molecule has 7 heteroatoms. The zero-order chi connectivity index (χ0) is 14.8. The summed E-state index contributed by atoms with van der Waals surface area (Å²) >= 11 is 6.88. The number of nitrogens with two attached hydrogens (primary N) is 1. The van der Waals surface area contributed by atoms with E-state index in [0.717, 1.165) is 43.9 Å². The van der Waals surface area contributed by atoms with Crippen LogP contribution < -0.4 is 10.6 Å². The van der Waals surface area contributed by atoms with Gasteiger partial charge in [-0.3, -0.25) is 4.90 Å². The van der Waals surface area contributed by atoms with Gasteiger partial charge in [-0.25, -0.2) is 9.97 Å². The van der Waals surface area contributed by atoms with E-state index in [1.165, 1.54) is 4.70 Å². The SMILES string of the molecule is CCC(C(N)=S)N1CCN(c2ncnc3ccsc23)CC1. The molecule has 112 valence electrons. The van der Waals surface area contributed by atoms with Crippen molar-refractivity contribution in [3.63, 3.8) is 0 Å². The van der Waals surface area contributed by atoms with Gasteiger partial charge in [0.05, 0.1) is 21.2 Å². The predicted molar refractivity (Wildman–Crippen MR) is 92.1 cm³/mol. The van der Waals surface area contributed by atoms with Crippen molar-refractivity contribution in [2.45, 2.75) is 19.4 Å². The molecule has 1 unspecified atom stereocenters. The number of piperazine rings is 1. The lowest BCUT2D eigenvalue weighted by Crippen LogP contribution is -2.53. The van der Waals surface area contributed by atoms with Crippen LogP contribution in [0.3, 0.4) is 0 Å². The Hall–Kier alpha value is -1.31. The van der Waals surface area contributed by atoms with Crippen molar-refractivity contribution >= 4 is 44.6 Å². The fraction of sp³-hybridized carbons (Fsp3) is 0.500. The lowest BCUT2D eigenvalue weighted by Gasteiger charge is -2.39. The quantitative estimate of drug-likeness (QED) is 0.868. The maximum Gasteiger partial charge on any atom is 0.150 e. The van der Waals surface area contributed by atoms with Gasteiger partial charge in [0.25, 0.3) is 0 Å². The largest absolute Gasteiger partial charge is 0.392 e. The summed E-state index contributed by atoms with van der Waals surface area (Å²) in [4.78, 5) is 14.1. The fourth-order valence-electron chi connectivity index (χ4n) is 2.89. The maximum absolute atomic E-state index is 5.84. The van der Waals surface area contributed by atoms with Gasteiger partial charge < -0.3 is 10.6 Å². The van der Waals surface area contributed by atoms with Crippen molar-refractivity contribution in [2.75, 3.05) is 31.1 Å². The summed E-state index contributed by atoms with van der Waals surface area (Å²) in [5, 5.41) is 2.07. The standard InChI is InChI=1S/C14H19N5S2/c1-2-11(13(15)20)18-4-6-19(7-5-18)14-12-10(3-8-21-12)16-9-17-14/h3,8-9,11H,2,4-7H2,1H3,(H2,15,20). The molecule has 1 saturated heterocycles. The van der Waals surface area contributed by atoms with E-state index in [4.69, 9.17) is 18.0 Å². The summed E-state index contributed by atoms with van der Waals surface area (Å²) in [5.74, 6) is 1.05. The van der Waals surface area contributed by atoms with Crippen LogP contribution in [-0.4, -0.2) is 52.1 Å². The summed E-state index contributed by atoms with van der Waals surface area (Å²) < 4.78 is 1.17. The van der Waals surface area contributed by atoms with Crippen molar-refractivity contribution < 1.29 is 0 Å². The fourth-order valence-corrected chi connectivity index (χ4v) is 4.06. The zero-order valence-corrected chi connectivity index (χ0v) is 13.7. The average Bonchev–Trinajstić information content (AvgIpc) is 2.97. The Bertz CT molecular complexity index is 633. The molecule has 5 nitrogen and oxygen atoms in total. The second-order valence-corrected chi connectivity index (χ2v) is 6.57. The number of thiocarbonyl (C=S) groups is 1. The van der Waals surface area contributed by atoms with Gasteiger partial charge in [-0.05, 0) is 17.9 Å². The Morgan fingerprint density at radius 3 is 2.81 bits per heavy atom. The highest BCUT2D eigenvalue weighted by molar-refractivity contribution is 7.80. The number of rotatable bonds is 4. The highest BCUT2D eigenvalue weighted by Crippen LogP contribution is 2.28. The van der Waals surface area contributed by atoms with Crippen LogP contribution in [0.1, 0.15) is 13.3 Å². The van der Waals surface area contributed by atoms with E-state index in [1.807, 2.05) is 6.07 Å². The summed E-state index contributed by atoms with van der Waals surface area (Å²) in [7, 11) is 0. The van der Waals surface area contributed by atoms with Crippen molar-refractivity contribution in [3.05, 3.63) is 17.8 Å². The van der Waals surface area contributed by atoms with Gasteiger partial charge in [0.1, 0.15) is 12.1 Å². The van der Waals surface area contributed by atoms with Gasteiger partial charge in [-0.2, -0.15) is 0 Å². The maximum atomic E-state index is 5.84. The molecule has 21 heavy (non-hydrogen) atoms. The molecule has 0 aromatic carbocycles. The topological polar surface area (TPSA) is 58.3 Å². The molecule has 0 spiro atoms. The van der Waals surface area contributed by atoms with Gasteiger partial charge in [0, 0.05) is 26.2 Å². The Morgan fingerprint density at radius 2 is 2.14 bits per heavy atom. The van der Waals surface area contributed by atoms with E-state index >= 15 is 0 Å². The summed E-state index contributed by atoms with van der Waals surface area (Å²) in [6.07, 6.45) is 2.62. The minimum atomic E-state index is 0.217. The Kier molecular flexibility index (Phi) is 4.32. The van der Waals surface area contributed by atoms with Crippen molar-refractivity contribution in [3.8, 4) is 0 Å². The minimum Gasteiger partial charge on any atom is -0.392 e. The van der Waals surface area contributed by atoms with E-state index in [2.05, 4.69) is 32.1 Å². The number of anilines is 1. The Labute approximate surface area is 133 Å². The molecule has 2 aromatic rings. The van der Waals surface area contributed by atoms with Crippen molar-refractivity contribution in [2.24, 2.45) is 5.73 Å². The summed E-state index contributed by atoms with van der Waals surface area (Å²) in [6, 6.07) is 2.26. The van der Waals surface area contributed by atoms with Crippen LogP contribution in [0.5, 0.6) is 0 Å². The highest BCUT2D eigenvalue weighted by atomic mass is 32.1. The van der Waals surface area contributed by atoms with E-state index < -0.39 is 0 Å². The van der Waals surface area contributed by atoms with Gasteiger partial charge in [-0.15, -0.1) is 11.3 Å². The van der Waals surface area contributed by atoms with E-state index in [9.17, 15) is 0 Å². The molecule has 0 bridgehead atoms. The molecule has 0 amide bonds. The van der Waals surface area contributed by atoms with Crippen molar-refractivity contribution in [1.29, 1.82) is 0 Å². The van der Waals surface area contributed by atoms with Crippen LogP contribution in [0.25, 0.3) is 10.2 Å². The summed E-state index contributed by atoms with van der Waals surface area (Å²) in [6.45, 7) is 5.96. The molecule has 2 aromatic heterocycles. The van der Waals surface area contributed by atoms with Crippen LogP contribution in [0.15, 0.2) is 17.8 Å². The predicted octanol–water partition coefficient (Wildman–Crippen LogP) is 1.88. The first-order chi connectivity index (χ1) is 10.2. The monoisotopic (exact) mass is 321 g/mol. The zero-order valence-electron chi connectivity index (χ0n) is 12.0. The normalized spacial score (nSPS) is 18.0. The number of aromatic nitrogens is 2. The number of hydrogen-bond acceptors (Lipinski definition) is 6. The molecular weight excluding hydrogens is 302 g/mol. The molecule has 3 rings (SSSR count). The first kappa shape index (κ1) is 14.6. The van der Waals surface area contributed by atoms with Gasteiger partial charge in [0.2, 0.25) is 0 Å². The number of thiophene rings is 1. The van der Waals surface area contributed by atoms with Crippen LogP contribution in [0.4, 0.5) is 5.82 Å². The smallest absolute Gasteiger partial charge is 0.150 e. The molecule has 0 radical (unpaired) electrons. The van der Waals surface area contributed by atoms with E-state index in [-0.39, 0.29) is 6.04 Å². The summed E-state index contributed by atoms with van der Waals surface area (Å²) in [5.41, 5.74) is 6.87. The third-order valence-corrected chi connectivity index (χ3v) is 5.17. The lowest BCUT2D eigenvalue weighted by molar-refractivity contribution is 0.224. The first-order valence-corrected chi connectivity index (χ1v) is 8.46. The third-order valence-electron chi connectivity index (χ3n) is 3.99. The number of hydrogen-bond donors (Lipinski definition) is 1. The second-order valence-electron chi connectivity index (χ2n) is 5.18. The molecule has 0 aliphatic carbocycles. The molecule has 0 saturated carbocycles. The van der Waals surface area contributed by atoms with Crippen LogP contribution >= 0.6 is 23.6 Å². The van der Waals surface area contributed by atoms with Crippen LogP contribution in [0.2, 0.25) is 0 Å². The van der Waals surface area contributed by atoms with Gasteiger partial charge in [0.15, 0.2) is 0 Å². The Morgan fingerprint density at radius 1 is 1.38 bits per heavy atom. The third kappa shape index (κ3) is 2.86. The molecule has 1 aliphatic rings. The van der Waals surface area contributed by atoms with E-state index in [0.29, 0.717) is 4.99 Å². The average molecular weight is 321 g/mol. The van der Waals surface area contributed by atoms with E-state index in [1.54, 1.807) is 17.7 Å². The second kappa shape index (κ2) is 6.21. The molecule has 2 N–H and O–H groups in total. The number of nitrogens with zero attached hydrogens (tertiary/aromatic N) is 4. The van der Waals surface area contributed by atoms with Gasteiger partial charge in [-0.1, -0.05) is 19.1 Å². The number of fused-ring (bicyclic) bond motifs is 1.